The number of nitrogens with zero attached hydrogens (tertiary/aromatic N) is 2. The minimum atomic E-state index is -0.779. The zero-order chi connectivity index (χ0) is 33.9. The molecule has 273 valence electrons. The van der Waals surface area contributed by atoms with Crippen molar-refractivity contribution in [2.75, 3.05) is 72.3 Å². The number of amides is 1. The van der Waals surface area contributed by atoms with Crippen molar-refractivity contribution in [3.63, 3.8) is 0 Å². The van der Waals surface area contributed by atoms with Crippen molar-refractivity contribution in [3.8, 4) is 0 Å². The molecule has 1 radical (unpaired) electrons. The van der Waals surface area contributed by atoms with E-state index in [4.69, 9.17) is 9.47 Å². The van der Waals surface area contributed by atoms with E-state index >= 15 is 0 Å². The fraction of sp³-hybridized carbons (Fsp3) is 0.973. The molecule has 1 saturated heterocycles. The molecule has 0 spiro atoms. The number of nitrogens with one attached hydrogen (secondary N) is 2. The highest BCUT2D eigenvalue weighted by atomic mass is 16.5. The Morgan fingerprint density at radius 2 is 1.15 bits per heavy atom. The number of hydrogen-bond acceptors (Lipinski definition) is 7. The Hall–Kier alpha value is -0.810. The molecule has 0 aromatic carbocycles. The molecule has 0 aliphatic carbocycles. The molecule has 1 unspecified atom stereocenters. The van der Waals surface area contributed by atoms with Gasteiger partial charge in [-0.3, -0.25) is 4.79 Å². The van der Waals surface area contributed by atoms with Crippen LogP contribution >= 0.6 is 0 Å². The summed E-state index contributed by atoms with van der Waals surface area (Å²) in [7, 11) is 0. The second-order valence-electron chi connectivity index (χ2n) is 14.6. The number of ether oxygens (including phenoxy) is 2. The van der Waals surface area contributed by atoms with Gasteiger partial charge < -0.3 is 30.1 Å². The minimum absolute atomic E-state index is 0.0859. The smallest absolute Gasteiger partial charge is 0.227 e. The van der Waals surface area contributed by atoms with Gasteiger partial charge >= 0.3 is 0 Å². The summed E-state index contributed by atoms with van der Waals surface area (Å²) >= 11 is 0. The van der Waals surface area contributed by atoms with Gasteiger partial charge in [0.15, 0.2) is 0 Å². The second-order valence-corrected chi connectivity index (χ2v) is 14.6. The van der Waals surface area contributed by atoms with E-state index in [-0.39, 0.29) is 19.1 Å². The lowest BCUT2D eigenvalue weighted by Crippen LogP contribution is -2.50. The lowest BCUT2D eigenvalue weighted by Gasteiger charge is -2.35. The van der Waals surface area contributed by atoms with Crippen LogP contribution in [0.5, 0.6) is 0 Å². The molecule has 3 N–H and O–H groups in total. The molecule has 1 fully saturated rings. The molecular formula is C37H75N4O5. The Morgan fingerprint density at radius 3 is 1.63 bits per heavy atom. The molecule has 1 amide bonds. The van der Waals surface area contributed by atoms with E-state index in [9.17, 15) is 15.1 Å². The van der Waals surface area contributed by atoms with E-state index in [1.807, 2.05) is 27.7 Å². The summed E-state index contributed by atoms with van der Waals surface area (Å²) in [5, 5.41) is 30.3. The van der Waals surface area contributed by atoms with Gasteiger partial charge in [0.25, 0.3) is 0 Å². The van der Waals surface area contributed by atoms with Crippen LogP contribution in [-0.2, 0) is 19.5 Å². The molecule has 1 aliphatic rings. The van der Waals surface area contributed by atoms with Crippen LogP contribution in [0, 0.1) is 5.92 Å². The van der Waals surface area contributed by atoms with Gasteiger partial charge in [0.05, 0.1) is 44.5 Å². The Balaban J connectivity index is 1.86. The third-order valence-corrected chi connectivity index (χ3v) is 9.57. The van der Waals surface area contributed by atoms with Gasteiger partial charge in [0.2, 0.25) is 5.91 Å². The van der Waals surface area contributed by atoms with Crippen molar-refractivity contribution in [1.29, 1.82) is 0 Å². The highest BCUT2D eigenvalue weighted by Gasteiger charge is 2.55. The minimum Gasteiger partial charge on any atom is -0.395 e. The Bertz CT molecular complexity index is 724. The first-order valence-corrected chi connectivity index (χ1v) is 19.1. The number of rotatable bonds is 32. The number of carbonyl (C=O) groups is 1. The van der Waals surface area contributed by atoms with Crippen molar-refractivity contribution >= 4 is 5.91 Å². The maximum absolute atomic E-state index is 13.2. The first-order chi connectivity index (χ1) is 22.2. The van der Waals surface area contributed by atoms with Gasteiger partial charge in [-0.1, -0.05) is 90.4 Å². The molecule has 0 saturated carbocycles. The molecule has 1 aliphatic heterocycles. The summed E-state index contributed by atoms with van der Waals surface area (Å²) < 4.78 is 11.4. The van der Waals surface area contributed by atoms with Gasteiger partial charge in [-0.2, -0.15) is 0 Å². The standard InChI is InChI=1S/C37H75N4O5/c1-6-7-8-9-10-11-12-13-14-15-16-17-18-19-22-38-23-20-21-24-39-25-29-45-31-32-46-30-27-40(26-28-42)35(43)34-33-36(2,3)41(44)37(34,4)5/h34,38-39,42H,6-33H2,1-5H3. The number of hydrogen-bond donors (Lipinski definition) is 3. The highest BCUT2D eigenvalue weighted by molar-refractivity contribution is 5.80. The van der Waals surface area contributed by atoms with Crippen LogP contribution in [0.2, 0.25) is 0 Å². The maximum atomic E-state index is 13.2. The Morgan fingerprint density at radius 1 is 0.696 bits per heavy atom. The third-order valence-electron chi connectivity index (χ3n) is 9.57. The van der Waals surface area contributed by atoms with Crippen molar-refractivity contribution in [1.82, 2.24) is 20.6 Å². The van der Waals surface area contributed by atoms with Gasteiger partial charge in [0.1, 0.15) is 0 Å². The van der Waals surface area contributed by atoms with E-state index in [2.05, 4.69) is 17.6 Å². The van der Waals surface area contributed by atoms with Crippen LogP contribution in [0.25, 0.3) is 0 Å². The fourth-order valence-corrected chi connectivity index (χ4v) is 6.65. The molecule has 1 atom stereocenters. The van der Waals surface area contributed by atoms with Crippen LogP contribution in [0.15, 0.2) is 0 Å². The number of aliphatic hydroxyl groups excluding tert-OH is 1. The molecule has 0 aromatic heterocycles. The normalized spacial score (nSPS) is 17.6. The average molecular weight is 656 g/mol. The van der Waals surface area contributed by atoms with Gasteiger partial charge in [0, 0.05) is 25.2 Å². The van der Waals surface area contributed by atoms with Crippen LogP contribution in [0.1, 0.15) is 144 Å². The molecule has 1 heterocycles. The topological polar surface area (TPSA) is 106 Å². The van der Waals surface area contributed by atoms with E-state index < -0.39 is 17.0 Å². The first kappa shape index (κ1) is 43.2. The Labute approximate surface area is 283 Å². The number of unbranched alkanes of at least 4 members (excludes halogenated alkanes) is 14. The predicted octanol–water partition coefficient (Wildman–Crippen LogP) is 6.51. The third kappa shape index (κ3) is 19.3. The number of carbonyl (C=O) groups excluding carboxylic acids is 1. The van der Waals surface area contributed by atoms with Gasteiger partial charge in [-0.05, 0) is 73.0 Å². The zero-order valence-corrected chi connectivity index (χ0v) is 30.9. The summed E-state index contributed by atoms with van der Waals surface area (Å²) in [6.45, 7) is 16.3. The molecule has 46 heavy (non-hydrogen) atoms. The average Bonchev–Trinajstić information content (AvgIpc) is 3.20. The van der Waals surface area contributed by atoms with E-state index in [1.165, 1.54) is 103 Å². The lowest BCUT2D eigenvalue weighted by molar-refractivity contribution is -0.248. The molecule has 0 aromatic rings. The summed E-state index contributed by atoms with van der Waals surface area (Å²) in [5.74, 6) is -0.491. The van der Waals surface area contributed by atoms with Gasteiger partial charge in [-0.15, -0.1) is 10.3 Å². The van der Waals surface area contributed by atoms with Crippen LogP contribution < -0.4 is 10.6 Å². The molecular weight excluding hydrogens is 580 g/mol. The zero-order valence-electron chi connectivity index (χ0n) is 30.9. The molecule has 0 bridgehead atoms. The van der Waals surface area contributed by atoms with E-state index in [0.29, 0.717) is 39.4 Å². The predicted molar refractivity (Wildman–Crippen MR) is 189 cm³/mol. The highest BCUT2D eigenvalue weighted by Crippen LogP contribution is 2.44. The number of aliphatic hydroxyl groups is 1. The summed E-state index contributed by atoms with van der Waals surface area (Å²) in [6.07, 6.45) is 22.6. The summed E-state index contributed by atoms with van der Waals surface area (Å²) in [5.41, 5.74) is -1.36. The number of hydroxylamine groups is 2. The van der Waals surface area contributed by atoms with E-state index in [0.717, 1.165) is 31.2 Å². The largest absolute Gasteiger partial charge is 0.395 e. The second kappa shape index (κ2) is 27.1. The quantitative estimate of drug-likeness (QED) is 0.0710. The van der Waals surface area contributed by atoms with Crippen molar-refractivity contribution < 1.29 is 24.6 Å². The fourth-order valence-electron chi connectivity index (χ4n) is 6.65. The monoisotopic (exact) mass is 656 g/mol. The van der Waals surface area contributed by atoms with Crippen LogP contribution in [-0.4, -0.2) is 104 Å². The lowest BCUT2D eigenvalue weighted by atomic mass is 9.86. The van der Waals surface area contributed by atoms with Crippen molar-refractivity contribution in [3.05, 3.63) is 0 Å². The summed E-state index contributed by atoms with van der Waals surface area (Å²) in [4.78, 5) is 14.9. The van der Waals surface area contributed by atoms with E-state index in [1.54, 1.807) is 4.90 Å². The van der Waals surface area contributed by atoms with Crippen molar-refractivity contribution in [2.45, 2.75) is 155 Å². The SMILES string of the molecule is CCCCCCCCCCCCCCCCNCCCCNCCOCCOCCN(CCO)C(=O)C1CC(C)(C)N([O])C1(C)C. The van der Waals surface area contributed by atoms with Crippen molar-refractivity contribution in [2.24, 2.45) is 5.92 Å². The molecule has 1 rings (SSSR count). The van der Waals surface area contributed by atoms with Crippen LogP contribution in [0.4, 0.5) is 0 Å². The first-order valence-electron chi connectivity index (χ1n) is 19.1. The van der Waals surface area contributed by atoms with Gasteiger partial charge in [-0.25, -0.2) is 0 Å². The Kier molecular flexibility index (Phi) is 25.4. The van der Waals surface area contributed by atoms with Crippen LogP contribution in [0.3, 0.4) is 0 Å². The summed E-state index contributed by atoms with van der Waals surface area (Å²) in [6, 6.07) is 0. The molecule has 9 nitrogen and oxygen atoms in total. The maximum Gasteiger partial charge on any atom is 0.227 e. The molecule has 9 heteroatoms.